The first-order valence-electron chi connectivity index (χ1n) is 14.9. The average molecular weight is 685 g/mol. The van der Waals surface area contributed by atoms with Gasteiger partial charge in [0.15, 0.2) is 11.5 Å². The topological polar surface area (TPSA) is 120 Å². The number of nitrogens with one attached hydrogen (secondary N) is 1. The molecule has 1 N–H and O–H groups in total. The van der Waals surface area contributed by atoms with E-state index in [1.54, 1.807) is 30.5 Å². The van der Waals surface area contributed by atoms with Crippen LogP contribution in [0.15, 0.2) is 42.7 Å². The molecule has 243 valence electrons. The molecule has 2 aliphatic heterocycles. The van der Waals surface area contributed by atoms with Gasteiger partial charge in [-0.25, -0.2) is 24.3 Å². The monoisotopic (exact) mass is 684 g/mol. The third kappa shape index (κ3) is 7.00. The van der Waals surface area contributed by atoms with Crippen molar-refractivity contribution in [2.45, 2.75) is 56.3 Å². The highest BCUT2D eigenvalue weighted by Gasteiger charge is 2.37. The minimum absolute atomic E-state index is 0.0684. The summed E-state index contributed by atoms with van der Waals surface area (Å²) < 4.78 is 67.5. The lowest BCUT2D eigenvalue weighted by Crippen LogP contribution is -2.48. The summed E-state index contributed by atoms with van der Waals surface area (Å²) in [5.74, 6) is -0.0774. The highest BCUT2D eigenvalue weighted by atomic mass is 35.5. The number of piperidine rings is 1. The van der Waals surface area contributed by atoms with E-state index < -0.39 is 23.0 Å². The second-order valence-corrected chi connectivity index (χ2v) is 12.9. The van der Waals surface area contributed by atoms with Gasteiger partial charge < -0.3 is 14.0 Å². The van der Waals surface area contributed by atoms with E-state index in [0.29, 0.717) is 58.7 Å². The zero-order valence-electron chi connectivity index (χ0n) is 24.8. The molecule has 4 aromatic heterocycles. The Morgan fingerprint density at radius 1 is 1.11 bits per heavy atom. The van der Waals surface area contributed by atoms with E-state index in [1.165, 1.54) is 12.3 Å². The molecule has 1 atom stereocenters. The van der Waals surface area contributed by atoms with Crippen molar-refractivity contribution in [1.82, 2.24) is 44.6 Å². The van der Waals surface area contributed by atoms with Crippen LogP contribution < -0.4 is 4.74 Å². The fourth-order valence-corrected chi connectivity index (χ4v) is 6.16. The summed E-state index contributed by atoms with van der Waals surface area (Å²) in [5, 5.41) is 5.44. The molecule has 0 aliphatic carbocycles. The van der Waals surface area contributed by atoms with Crippen LogP contribution in [0.3, 0.4) is 0 Å². The van der Waals surface area contributed by atoms with Gasteiger partial charge in [-0.2, -0.15) is 23.3 Å². The molecule has 5 aromatic rings. The predicted molar refractivity (Wildman–Crippen MR) is 162 cm³/mol. The molecule has 0 amide bonds. The molecule has 1 aromatic carbocycles. The quantitative estimate of drug-likeness (QED) is 0.174. The van der Waals surface area contributed by atoms with Gasteiger partial charge in [0, 0.05) is 55.2 Å². The van der Waals surface area contributed by atoms with Crippen LogP contribution in [-0.2, 0) is 30.4 Å². The summed E-state index contributed by atoms with van der Waals surface area (Å²) in [7, 11) is 3.74. The molecule has 47 heavy (non-hydrogen) atoms. The van der Waals surface area contributed by atoms with Crippen LogP contribution in [0.5, 0.6) is 5.88 Å². The average Bonchev–Trinajstić information content (AvgIpc) is 3.65. The SMILES string of the molecule is Fc1cc(Cl)ccc1Cc1nccc(OC2CCN(Cc3nc4cc(-c5n[nH]c(C(F)(F)F)n5)cnc4n3C[C@]3([Si])CCO3)CC2)n1. The van der Waals surface area contributed by atoms with Crippen molar-refractivity contribution in [2.75, 3.05) is 19.7 Å². The summed E-state index contributed by atoms with van der Waals surface area (Å²) in [6.45, 7) is 3.07. The van der Waals surface area contributed by atoms with E-state index in [0.717, 1.165) is 38.2 Å². The number of hydrogen-bond acceptors (Lipinski definition) is 9. The molecular weight excluding hydrogens is 658 g/mol. The normalized spacial score (nSPS) is 19.3. The maximum absolute atomic E-state index is 14.3. The lowest BCUT2D eigenvalue weighted by molar-refractivity contribution is -0.144. The lowest BCUT2D eigenvalue weighted by Gasteiger charge is -2.39. The highest BCUT2D eigenvalue weighted by Crippen LogP contribution is 2.31. The van der Waals surface area contributed by atoms with Crippen LogP contribution in [0, 0.1) is 5.82 Å². The summed E-state index contributed by atoms with van der Waals surface area (Å²) in [6.07, 6.45) is 0.841. The zero-order chi connectivity index (χ0) is 32.8. The molecule has 2 aliphatic rings. The smallest absolute Gasteiger partial charge is 0.451 e. The van der Waals surface area contributed by atoms with E-state index in [4.69, 9.17) is 26.1 Å². The molecule has 6 heterocycles. The molecule has 17 heteroatoms. The second kappa shape index (κ2) is 12.6. The van der Waals surface area contributed by atoms with Crippen LogP contribution in [0.25, 0.3) is 22.6 Å². The zero-order valence-corrected chi connectivity index (χ0v) is 26.5. The molecule has 2 fully saturated rings. The maximum Gasteiger partial charge on any atom is 0.451 e. The van der Waals surface area contributed by atoms with Crippen LogP contribution in [0.1, 0.15) is 42.3 Å². The number of alkyl halides is 3. The number of nitrogens with zero attached hydrogens (tertiary/aromatic N) is 8. The van der Waals surface area contributed by atoms with Crippen LogP contribution in [-0.4, -0.2) is 85.9 Å². The Balaban J connectivity index is 1.03. The minimum atomic E-state index is -4.64. The van der Waals surface area contributed by atoms with Crippen molar-refractivity contribution in [1.29, 1.82) is 0 Å². The van der Waals surface area contributed by atoms with Gasteiger partial charge >= 0.3 is 6.18 Å². The van der Waals surface area contributed by atoms with Crippen molar-refractivity contribution in [3.05, 3.63) is 76.6 Å². The number of aromatic nitrogens is 8. The molecule has 2 saturated heterocycles. The molecule has 3 radical (unpaired) electrons. The Labute approximate surface area is 274 Å². The van der Waals surface area contributed by atoms with E-state index in [-0.39, 0.29) is 18.3 Å². The summed E-state index contributed by atoms with van der Waals surface area (Å²) >= 11 is 5.86. The third-order valence-electron chi connectivity index (χ3n) is 8.20. The van der Waals surface area contributed by atoms with Gasteiger partial charge in [-0.15, -0.1) is 0 Å². The van der Waals surface area contributed by atoms with Crippen LogP contribution >= 0.6 is 11.6 Å². The van der Waals surface area contributed by atoms with Gasteiger partial charge in [-0.3, -0.25) is 10.00 Å². The number of aromatic amines is 1. The van der Waals surface area contributed by atoms with E-state index in [9.17, 15) is 17.6 Å². The van der Waals surface area contributed by atoms with Crippen molar-refractivity contribution in [2.24, 2.45) is 0 Å². The Bertz CT molecular complexity index is 1910. The molecule has 0 unspecified atom stereocenters. The predicted octanol–water partition coefficient (Wildman–Crippen LogP) is 4.74. The lowest BCUT2D eigenvalue weighted by atomic mass is 10.1. The minimum Gasteiger partial charge on any atom is -0.474 e. The van der Waals surface area contributed by atoms with Gasteiger partial charge in [-0.05, 0) is 43.0 Å². The van der Waals surface area contributed by atoms with Gasteiger partial charge in [0.25, 0.3) is 0 Å². The van der Waals surface area contributed by atoms with E-state index >= 15 is 0 Å². The highest BCUT2D eigenvalue weighted by molar-refractivity contribution is 6.30. The van der Waals surface area contributed by atoms with Crippen molar-refractivity contribution < 1.29 is 27.0 Å². The Morgan fingerprint density at radius 3 is 2.62 bits per heavy atom. The number of ether oxygens (including phenoxy) is 2. The van der Waals surface area contributed by atoms with Gasteiger partial charge in [0.05, 0.1) is 28.6 Å². The molecule has 0 bridgehead atoms. The van der Waals surface area contributed by atoms with Crippen LogP contribution in [0.2, 0.25) is 5.02 Å². The number of H-pyrrole nitrogens is 1. The molecule has 7 rings (SSSR count). The number of fused-ring (bicyclic) bond motifs is 1. The number of rotatable bonds is 9. The van der Waals surface area contributed by atoms with Crippen LogP contribution in [0.4, 0.5) is 17.6 Å². The summed E-state index contributed by atoms with van der Waals surface area (Å²) in [6, 6.07) is 7.85. The molecule has 0 saturated carbocycles. The number of hydrogen-bond donors (Lipinski definition) is 1. The molecular formula is C30H27ClF4N9O2Si. The van der Waals surface area contributed by atoms with Crippen molar-refractivity contribution in [3.8, 4) is 17.3 Å². The van der Waals surface area contributed by atoms with Crippen molar-refractivity contribution in [3.63, 3.8) is 0 Å². The Kier molecular flexibility index (Phi) is 8.44. The second-order valence-electron chi connectivity index (χ2n) is 11.6. The fourth-order valence-electron chi connectivity index (χ4n) is 5.64. The maximum atomic E-state index is 14.3. The summed E-state index contributed by atoms with van der Waals surface area (Å²) in [5.41, 5.74) is 1.86. The Morgan fingerprint density at radius 2 is 1.91 bits per heavy atom. The van der Waals surface area contributed by atoms with Gasteiger partial charge in [0.2, 0.25) is 11.7 Å². The first-order valence-corrected chi connectivity index (χ1v) is 15.8. The van der Waals surface area contributed by atoms with Gasteiger partial charge in [0.1, 0.15) is 29.1 Å². The standard InChI is InChI=1S/C30H27ClF4N9O2Si/c31-19-2-1-17(21(32)13-19)12-23-36-7-3-25(39-23)46-20-4-8-43(9-5-20)15-24-38-22-11-18(26-40-28(42-41-26)30(33,34)35)14-37-27(22)44(24)16-29(47)6-10-45-29/h1-3,7,11,13-14,20H,4-6,8-10,12,15-16H2,(H,40,41,42)/t29-/m1/s1. The number of benzene rings is 1. The van der Waals surface area contributed by atoms with E-state index in [1.807, 2.05) is 9.67 Å². The van der Waals surface area contributed by atoms with Gasteiger partial charge in [-0.1, -0.05) is 17.7 Å². The first-order chi connectivity index (χ1) is 22.5. The van der Waals surface area contributed by atoms with E-state index in [2.05, 4.69) is 40.2 Å². The first kappa shape index (κ1) is 31.6. The number of imidazole rings is 1. The third-order valence-corrected chi connectivity index (χ3v) is 8.99. The number of halogens is 5. The van der Waals surface area contributed by atoms with Crippen molar-refractivity contribution >= 4 is 33.0 Å². The summed E-state index contributed by atoms with van der Waals surface area (Å²) in [4.78, 5) is 24.0. The molecule has 11 nitrogen and oxygen atoms in total. The fraction of sp³-hybridized carbons (Fsp3) is 0.400. The molecule has 0 spiro atoms. The largest absolute Gasteiger partial charge is 0.474 e. The Hall–Kier alpha value is -3.99. The number of likely N-dealkylation sites (tertiary alicyclic amines) is 1. The number of pyridine rings is 1.